The van der Waals surface area contributed by atoms with Crippen molar-refractivity contribution in [3.05, 3.63) is 11.6 Å². The van der Waals surface area contributed by atoms with E-state index in [-0.39, 0.29) is 16.9 Å². The normalized spacial score (nSPS) is 28.5. The molecule has 0 bridgehead atoms. The Morgan fingerprint density at radius 3 is 2.72 bits per heavy atom. The van der Waals surface area contributed by atoms with Crippen LogP contribution >= 0.6 is 0 Å². The van der Waals surface area contributed by atoms with Crippen molar-refractivity contribution in [2.45, 2.75) is 91.5 Å². The van der Waals surface area contributed by atoms with Crippen LogP contribution in [0.25, 0.3) is 0 Å². The molecule has 2 nitrogen and oxygen atoms in total. The lowest BCUT2D eigenvalue weighted by atomic mass is 9.57. The third-order valence-corrected chi connectivity index (χ3v) is 6.77. The molecule has 1 fully saturated rings. The van der Waals surface area contributed by atoms with E-state index in [1.807, 2.05) is 0 Å². The topological polar surface area (TPSA) is 26.3 Å². The van der Waals surface area contributed by atoms with E-state index < -0.39 is 8.32 Å². The Hall–Kier alpha value is -0.853. The van der Waals surface area contributed by atoms with Gasteiger partial charge in [0.05, 0.1) is 0 Å². The van der Waals surface area contributed by atoms with Gasteiger partial charge in [0, 0.05) is 18.8 Å². The quantitative estimate of drug-likeness (QED) is 0.363. The van der Waals surface area contributed by atoms with Crippen LogP contribution in [0, 0.1) is 29.1 Å². The molecule has 0 aromatic rings. The highest BCUT2D eigenvalue weighted by atomic mass is 28.4. The van der Waals surface area contributed by atoms with Crippen molar-refractivity contribution in [1.82, 2.24) is 0 Å². The second-order valence-electron chi connectivity index (χ2n) is 9.66. The van der Waals surface area contributed by atoms with Crippen LogP contribution in [0.15, 0.2) is 11.6 Å². The summed E-state index contributed by atoms with van der Waals surface area (Å²) < 4.78 is 6.18. The fourth-order valence-electron chi connectivity index (χ4n) is 4.88. The number of hydrogen-bond acceptors (Lipinski definition) is 2. The first-order chi connectivity index (χ1) is 11.4. The summed E-state index contributed by atoms with van der Waals surface area (Å²) in [6.07, 6.45) is 8.31. The molecule has 2 aliphatic rings. The maximum atomic E-state index is 12.4. The number of hydrogen-bond donors (Lipinski definition) is 0. The zero-order chi connectivity index (χ0) is 18.9. The van der Waals surface area contributed by atoms with Crippen LogP contribution in [0.3, 0.4) is 0 Å². The van der Waals surface area contributed by atoms with Gasteiger partial charge in [-0.3, -0.25) is 4.79 Å². The zero-order valence-corrected chi connectivity index (χ0v) is 18.3. The third kappa shape index (κ3) is 5.08. The predicted molar refractivity (Wildman–Crippen MR) is 108 cm³/mol. The molecule has 2 rings (SSSR count). The van der Waals surface area contributed by atoms with E-state index >= 15 is 0 Å². The second-order valence-corrected chi connectivity index (χ2v) is 14.1. The molecule has 0 amide bonds. The SMILES string of the molecule is C[C@H](CC#CC(C)(C)O[Si](C)(C)C)C1=CCC[C@H]2C(=O)CCC[C@]12C. The summed E-state index contributed by atoms with van der Waals surface area (Å²) in [5, 5.41) is 0. The summed E-state index contributed by atoms with van der Waals surface area (Å²) >= 11 is 0. The highest BCUT2D eigenvalue weighted by Crippen LogP contribution is 2.52. The molecule has 0 unspecified atom stereocenters. The zero-order valence-electron chi connectivity index (χ0n) is 17.3. The number of carbonyl (C=O) groups excluding carboxylic acids is 1. The van der Waals surface area contributed by atoms with Crippen LogP contribution < -0.4 is 0 Å². The maximum Gasteiger partial charge on any atom is 0.185 e. The average molecular weight is 361 g/mol. The van der Waals surface area contributed by atoms with Crippen molar-refractivity contribution >= 4 is 14.1 Å². The lowest BCUT2D eigenvalue weighted by Gasteiger charge is -2.46. The van der Waals surface area contributed by atoms with Crippen LogP contribution in [0.4, 0.5) is 0 Å². The smallest absolute Gasteiger partial charge is 0.185 e. The Bertz CT molecular complexity index is 600. The fraction of sp³-hybridized carbons (Fsp3) is 0.773. The molecule has 2 aliphatic carbocycles. The molecule has 25 heavy (non-hydrogen) atoms. The minimum Gasteiger partial charge on any atom is -0.402 e. The van der Waals surface area contributed by atoms with Crippen LogP contribution in [-0.4, -0.2) is 19.7 Å². The summed E-state index contributed by atoms with van der Waals surface area (Å²) in [6, 6.07) is 0. The summed E-state index contributed by atoms with van der Waals surface area (Å²) in [6.45, 7) is 15.3. The first-order valence-electron chi connectivity index (χ1n) is 9.88. The van der Waals surface area contributed by atoms with E-state index in [2.05, 4.69) is 65.3 Å². The van der Waals surface area contributed by atoms with E-state index in [1.54, 1.807) is 0 Å². The number of rotatable bonds is 4. The van der Waals surface area contributed by atoms with E-state index in [9.17, 15) is 4.79 Å². The second kappa shape index (κ2) is 7.41. The van der Waals surface area contributed by atoms with Gasteiger partial charge in [0.15, 0.2) is 8.32 Å². The molecule has 3 heteroatoms. The van der Waals surface area contributed by atoms with E-state index in [0.717, 1.165) is 38.5 Å². The molecule has 0 aromatic carbocycles. The summed E-state index contributed by atoms with van der Waals surface area (Å²) in [4.78, 5) is 12.4. The van der Waals surface area contributed by atoms with Gasteiger partial charge in [-0.15, -0.1) is 0 Å². The molecule has 1 saturated carbocycles. The van der Waals surface area contributed by atoms with E-state index in [0.29, 0.717) is 11.7 Å². The van der Waals surface area contributed by atoms with Gasteiger partial charge in [-0.1, -0.05) is 37.3 Å². The highest BCUT2D eigenvalue weighted by Gasteiger charge is 2.46. The minimum absolute atomic E-state index is 0.0685. The Kier molecular flexibility index (Phi) is 6.06. The Balaban J connectivity index is 2.08. The van der Waals surface area contributed by atoms with Crippen LogP contribution in [0.2, 0.25) is 19.6 Å². The van der Waals surface area contributed by atoms with Gasteiger partial charge in [0.2, 0.25) is 0 Å². The van der Waals surface area contributed by atoms with Crippen molar-refractivity contribution in [2.75, 3.05) is 0 Å². The standard InChI is InChI=1S/C22H36O2Si/c1-17(11-9-15-21(2,3)24-25(5,6)7)18-12-8-13-19-20(23)14-10-16-22(18,19)4/h12,17,19H,8,10-11,13-14,16H2,1-7H3/t17-,19+,22-/m1/s1. The van der Waals surface area contributed by atoms with Gasteiger partial charge in [-0.05, 0) is 70.5 Å². The number of carbonyl (C=O) groups is 1. The molecule has 0 saturated heterocycles. The molecular weight excluding hydrogens is 324 g/mol. The van der Waals surface area contributed by atoms with Gasteiger partial charge >= 0.3 is 0 Å². The molecule has 0 aromatic heterocycles. The lowest BCUT2D eigenvalue weighted by Crippen LogP contribution is -2.42. The van der Waals surface area contributed by atoms with Crippen molar-refractivity contribution in [3.8, 4) is 11.8 Å². The van der Waals surface area contributed by atoms with E-state index in [4.69, 9.17) is 4.43 Å². The molecule has 0 N–H and O–H groups in total. The van der Waals surface area contributed by atoms with Gasteiger partial charge in [0.1, 0.15) is 11.4 Å². The maximum absolute atomic E-state index is 12.4. The first-order valence-corrected chi connectivity index (χ1v) is 13.3. The number of ketones is 1. The highest BCUT2D eigenvalue weighted by molar-refractivity contribution is 6.69. The van der Waals surface area contributed by atoms with Crippen molar-refractivity contribution in [1.29, 1.82) is 0 Å². The van der Waals surface area contributed by atoms with Gasteiger partial charge in [0.25, 0.3) is 0 Å². The van der Waals surface area contributed by atoms with Crippen molar-refractivity contribution < 1.29 is 9.22 Å². The average Bonchev–Trinajstić information content (AvgIpc) is 2.43. The van der Waals surface area contributed by atoms with Crippen molar-refractivity contribution in [3.63, 3.8) is 0 Å². The molecular formula is C22H36O2Si. The Morgan fingerprint density at radius 1 is 1.40 bits per heavy atom. The molecule has 0 aliphatic heterocycles. The van der Waals surface area contributed by atoms with Gasteiger partial charge in [-0.2, -0.15) is 0 Å². The lowest BCUT2D eigenvalue weighted by molar-refractivity contribution is -0.129. The van der Waals surface area contributed by atoms with Crippen molar-refractivity contribution in [2.24, 2.45) is 17.3 Å². The molecule has 3 atom stereocenters. The number of fused-ring (bicyclic) bond motifs is 1. The predicted octanol–water partition coefficient (Wildman–Crippen LogP) is 5.74. The van der Waals surface area contributed by atoms with Crippen LogP contribution in [-0.2, 0) is 9.22 Å². The third-order valence-electron chi connectivity index (χ3n) is 5.65. The number of allylic oxidation sites excluding steroid dienone is 2. The minimum atomic E-state index is -1.60. The summed E-state index contributed by atoms with van der Waals surface area (Å²) in [5.74, 6) is 7.88. The molecule has 0 radical (unpaired) electrons. The van der Waals surface area contributed by atoms with Gasteiger partial charge in [-0.25, -0.2) is 0 Å². The van der Waals surface area contributed by atoms with Crippen LogP contribution in [0.1, 0.15) is 66.2 Å². The summed E-state index contributed by atoms with van der Waals surface area (Å²) in [7, 11) is -1.60. The molecule has 0 heterocycles. The Labute approximate surface area is 155 Å². The summed E-state index contributed by atoms with van der Waals surface area (Å²) in [5.41, 5.74) is 1.17. The number of Topliss-reactive ketones (excluding diaryl/α,β-unsaturated/α-hetero) is 1. The first kappa shape index (κ1) is 20.5. The molecule has 0 spiro atoms. The van der Waals surface area contributed by atoms with E-state index in [1.165, 1.54) is 5.57 Å². The fourth-order valence-corrected chi connectivity index (χ4v) is 6.46. The largest absolute Gasteiger partial charge is 0.402 e. The monoisotopic (exact) mass is 360 g/mol. The van der Waals surface area contributed by atoms with Gasteiger partial charge < -0.3 is 4.43 Å². The Morgan fingerprint density at radius 2 is 2.08 bits per heavy atom. The molecule has 140 valence electrons. The van der Waals surface area contributed by atoms with Crippen LogP contribution in [0.5, 0.6) is 0 Å².